The van der Waals surface area contributed by atoms with Gasteiger partial charge >= 0.3 is 0 Å². The highest BCUT2D eigenvalue weighted by molar-refractivity contribution is 5.98. The minimum absolute atomic E-state index is 0.134. The fourth-order valence-corrected chi connectivity index (χ4v) is 3.53. The molecule has 2 aliphatic carbocycles. The lowest BCUT2D eigenvalue weighted by Crippen LogP contribution is -2.28. The Balaban J connectivity index is 1.89. The Kier molecular flexibility index (Phi) is 2.65. The molecule has 2 atom stereocenters. The maximum absolute atomic E-state index is 12.2. The normalized spacial score (nSPS) is 29.2. The number of hydrogen-bond acceptors (Lipinski definition) is 1. The van der Waals surface area contributed by atoms with Gasteiger partial charge in [-0.25, -0.2) is 0 Å². The highest BCUT2D eigenvalue weighted by Crippen LogP contribution is 2.49. The van der Waals surface area contributed by atoms with Gasteiger partial charge < -0.3 is 4.57 Å². The van der Waals surface area contributed by atoms with Gasteiger partial charge in [-0.05, 0) is 36.7 Å². The van der Waals surface area contributed by atoms with Crippen LogP contribution < -0.4 is 0 Å². The third kappa shape index (κ3) is 1.92. The Morgan fingerprint density at radius 1 is 1.39 bits per heavy atom. The molecule has 0 saturated heterocycles. The second kappa shape index (κ2) is 3.97. The van der Waals surface area contributed by atoms with E-state index in [1.54, 1.807) is 0 Å². The summed E-state index contributed by atoms with van der Waals surface area (Å²) in [5, 5.41) is 0. The Labute approximate surface area is 109 Å². The number of hydrogen-bond donors (Lipinski definition) is 0. The van der Waals surface area contributed by atoms with Gasteiger partial charge in [-0.15, -0.1) is 0 Å². The van der Waals surface area contributed by atoms with Crippen LogP contribution in [0.4, 0.5) is 0 Å². The molecule has 2 aliphatic rings. The first kappa shape index (κ1) is 12.0. The summed E-state index contributed by atoms with van der Waals surface area (Å²) < 4.78 is 2.41. The minimum atomic E-state index is 0.134. The molecule has 1 saturated carbocycles. The van der Waals surface area contributed by atoms with E-state index in [1.807, 2.05) is 6.07 Å². The van der Waals surface area contributed by atoms with E-state index in [2.05, 4.69) is 31.5 Å². The van der Waals surface area contributed by atoms with Gasteiger partial charge in [-0.2, -0.15) is 0 Å². The Hall–Kier alpha value is -1.05. The van der Waals surface area contributed by atoms with E-state index < -0.39 is 0 Å². The third-order valence-corrected chi connectivity index (χ3v) is 4.51. The monoisotopic (exact) mass is 245 g/mol. The van der Waals surface area contributed by atoms with E-state index in [-0.39, 0.29) is 5.41 Å². The van der Waals surface area contributed by atoms with Gasteiger partial charge in [0.15, 0.2) is 5.78 Å². The van der Waals surface area contributed by atoms with E-state index in [0.29, 0.717) is 18.2 Å². The van der Waals surface area contributed by atoms with E-state index in [9.17, 15) is 4.79 Å². The zero-order chi connectivity index (χ0) is 12.9. The van der Waals surface area contributed by atoms with Crippen LogP contribution in [-0.4, -0.2) is 10.4 Å². The van der Waals surface area contributed by atoms with Crippen LogP contribution in [0.2, 0.25) is 0 Å². The van der Waals surface area contributed by atoms with Crippen LogP contribution in [0.5, 0.6) is 0 Å². The molecule has 3 rings (SSSR count). The van der Waals surface area contributed by atoms with Gasteiger partial charge in [0, 0.05) is 29.9 Å². The number of rotatable bonds is 3. The molecule has 2 nitrogen and oxygen atoms in total. The van der Waals surface area contributed by atoms with Crippen LogP contribution in [-0.2, 0) is 6.42 Å². The molecule has 0 spiro atoms. The molecule has 98 valence electrons. The number of nitrogens with zero attached hydrogens (tertiary/aromatic N) is 1. The second-order valence-corrected chi connectivity index (χ2v) is 6.88. The lowest BCUT2D eigenvalue weighted by molar-refractivity contribution is 0.0910. The summed E-state index contributed by atoms with van der Waals surface area (Å²) in [6.45, 7) is 6.68. The first-order valence-corrected chi connectivity index (χ1v) is 7.25. The lowest BCUT2D eigenvalue weighted by Gasteiger charge is -2.29. The summed E-state index contributed by atoms with van der Waals surface area (Å²) in [5.74, 6) is 1.19. The molecule has 0 bridgehead atoms. The van der Waals surface area contributed by atoms with Crippen LogP contribution in [0, 0.1) is 11.3 Å². The molecule has 2 heteroatoms. The SMILES string of the molecule is CCCC1CC1n1ccc2c1CC(C)(C)CC2=O. The van der Waals surface area contributed by atoms with Crippen molar-refractivity contribution in [2.75, 3.05) is 0 Å². The number of carbonyl (C=O) groups is 1. The van der Waals surface area contributed by atoms with Crippen LogP contribution in [0.25, 0.3) is 0 Å². The second-order valence-electron chi connectivity index (χ2n) is 6.88. The van der Waals surface area contributed by atoms with Crippen LogP contribution in [0.1, 0.15) is 68.5 Å². The standard InChI is InChI=1S/C16H23NO/c1-4-5-11-8-13(11)17-7-6-12-14(17)9-16(2,3)10-15(12)18/h6-7,11,13H,4-5,8-10H2,1-3H3. The van der Waals surface area contributed by atoms with Crippen LogP contribution >= 0.6 is 0 Å². The van der Waals surface area contributed by atoms with Gasteiger partial charge in [0.25, 0.3) is 0 Å². The van der Waals surface area contributed by atoms with Gasteiger partial charge in [-0.3, -0.25) is 4.79 Å². The molecule has 0 aromatic carbocycles. The average molecular weight is 245 g/mol. The summed E-state index contributed by atoms with van der Waals surface area (Å²) >= 11 is 0. The fourth-order valence-electron chi connectivity index (χ4n) is 3.53. The van der Waals surface area contributed by atoms with Crippen molar-refractivity contribution in [3.8, 4) is 0 Å². The highest BCUT2D eigenvalue weighted by Gasteiger charge is 2.41. The van der Waals surface area contributed by atoms with Gasteiger partial charge in [0.2, 0.25) is 0 Å². The van der Waals surface area contributed by atoms with Crippen molar-refractivity contribution >= 4 is 5.78 Å². The molecular weight excluding hydrogens is 222 g/mol. The van der Waals surface area contributed by atoms with Crippen molar-refractivity contribution in [3.63, 3.8) is 0 Å². The predicted octanol–water partition coefficient (Wildman–Crippen LogP) is 4.00. The van der Waals surface area contributed by atoms with E-state index >= 15 is 0 Å². The quantitative estimate of drug-likeness (QED) is 0.788. The van der Waals surface area contributed by atoms with Crippen molar-refractivity contribution in [2.45, 2.75) is 58.9 Å². The van der Waals surface area contributed by atoms with Crippen molar-refractivity contribution in [1.82, 2.24) is 4.57 Å². The van der Waals surface area contributed by atoms with E-state index in [4.69, 9.17) is 0 Å². The van der Waals surface area contributed by atoms with Crippen molar-refractivity contribution in [1.29, 1.82) is 0 Å². The first-order valence-electron chi connectivity index (χ1n) is 7.25. The maximum atomic E-state index is 12.2. The molecular formula is C16H23NO. The smallest absolute Gasteiger partial charge is 0.165 e. The average Bonchev–Trinajstić information content (AvgIpc) is 2.88. The van der Waals surface area contributed by atoms with Crippen LogP contribution in [0.3, 0.4) is 0 Å². The molecule has 0 N–H and O–H groups in total. The number of ketones is 1. The van der Waals surface area contributed by atoms with Gasteiger partial charge in [0.05, 0.1) is 0 Å². The predicted molar refractivity (Wildman–Crippen MR) is 72.9 cm³/mol. The van der Waals surface area contributed by atoms with Crippen LogP contribution in [0.15, 0.2) is 12.3 Å². The number of aromatic nitrogens is 1. The Morgan fingerprint density at radius 3 is 2.89 bits per heavy atom. The van der Waals surface area contributed by atoms with Crippen molar-refractivity contribution in [2.24, 2.45) is 11.3 Å². The highest BCUT2D eigenvalue weighted by atomic mass is 16.1. The number of fused-ring (bicyclic) bond motifs is 1. The zero-order valence-corrected chi connectivity index (χ0v) is 11.7. The molecule has 1 heterocycles. The van der Waals surface area contributed by atoms with Crippen molar-refractivity contribution < 1.29 is 4.79 Å². The molecule has 0 aliphatic heterocycles. The van der Waals surface area contributed by atoms with Gasteiger partial charge in [-0.1, -0.05) is 27.2 Å². The zero-order valence-electron chi connectivity index (χ0n) is 11.7. The van der Waals surface area contributed by atoms with E-state index in [1.165, 1.54) is 25.0 Å². The van der Waals surface area contributed by atoms with Gasteiger partial charge in [0.1, 0.15) is 0 Å². The Morgan fingerprint density at radius 2 is 2.17 bits per heavy atom. The van der Waals surface area contributed by atoms with Crippen molar-refractivity contribution in [3.05, 3.63) is 23.5 Å². The maximum Gasteiger partial charge on any atom is 0.165 e. The topological polar surface area (TPSA) is 22.0 Å². The molecule has 1 fully saturated rings. The first-order chi connectivity index (χ1) is 8.52. The molecule has 0 radical (unpaired) electrons. The molecule has 18 heavy (non-hydrogen) atoms. The molecule has 1 aromatic heterocycles. The number of carbonyl (C=O) groups excluding carboxylic acids is 1. The summed E-state index contributed by atoms with van der Waals surface area (Å²) in [7, 11) is 0. The number of Topliss-reactive ketones (excluding diaryl/α,β-unsaturated/α-hetero) is 1. The molecule has 2 unspecified atom stereocenters. The largest absolute Gasteiger partial charge is 0.347 e. The summed E-state index contributed by atoms with van der Waals surface area (Å²) in [4.78, 5) is 12.2. The summed E-state index contributed by atoms with van der Waals surface area (Å²) in [5.41, 5.74) is 2.44. The summed E-state index contributed by atoms with van der Waals surface area (Å²) in [6.07, 6.45) is 7.82. The third-order valence-electron chi connectivity index (χ3n) is 4.51. The summed E-state index contributed by atoms with van der Waals surface area (Å²) in [6, 6.07) is 2.73. The lowest BCUT2D eigenvalue weighted by atomic mass is 9.76. The minimum Gasteiger partial charge on any atom is -0.347 e. The molecule has 0 amide bonds. The molecule has 1 aromatic rings. The van der Waals surface area contributed by atoms with E-state index in [0.717, 1.165) is 17.9 Å². The Bertz CT molecular complexity index is 483. The fraction of sp³-hybridized carbons (Fsp3) is 0.688.